The molecule has 10 nitrogen and oxygen atoms in total. The summed E-state index contributed by atoms with van der Waals surface area (Å²) < 4.78 is 34.8. The van der Waals surface area contributed by atoms with E-state index in [1.165, 1.54) is 0 Å². The number of nitrogens with zero attached hydrogens (tertiary/aromatic N) is 2. The molecule has 4 aromatic rings. The summed E-state index contributed by atoms with van der Waals surface area (Å²) >= 11 is 0. The van der Waals surface area contributed by atoms with Gasteiger partial charge in [0.1, 0.15) is 31.3 Å². The lowest BCUT2D eigenvalue weighted by Crippen LogP contribution is -2.47. The van der Waals surface area contributed by atoms with Gasteiger partial charge in [-0.2, -0.15) is 0 Å². The van der Waals surface area contributed by atoms with E-state index < -0.39 is 0 Å². The van der Waals surface area contributed by atoms with Crippen molar-refractivity contribution in [2.45, 2.75) is 58.0 Å². The third-order valence-corrected chi connectivity index (χ3v) is 9.61. The van der Waals surface area contributed by atoms with Crippen molar-refractivity contribution in [1.82, 2.24) is 4.90 Å². The van der Waals surface area contributed by atoms with Crippen LogP contribution in [0.15, 0.2) is 97.1 Å². The number of piperidine rings is 1. The lowest BCUT2D eigenvalue weighted by Gasteiger charge is -2.38. The summed E-state index contributed by atoms with van der Waals surface area (Å²) in [6, 6.07) is 31.9. The van der Waals surface area contributed by atoms with Crippen LogP contribution < -0.4 is 14.4 Å². The number of esters is 1. The fourth-order valence-electron chi connectivity index (χ4n) is 6.84. The summed E-state index contributed by atoms with van der Waals surface area (Å²) in [5.74, 6) is 1.40. The maximum absolute atomic E-state index is 13.3. The lowest BCUT2D eigenvalue weighted by atomic mass is 9.86. The van der Waals surface area contributed by atoms with Crippen LogP contribution in [0.2, 0.25) is 0 Å². The minimum atomic E-state index is -0.336. The molecule has 1 amide bonds. The number of hydrogen-bond donors (Lipinski definition) is 0. The Labute approximate surface area is 312 Å². The molecule has 1 fully saturated rings. The Balaban J connectivity index is 1.12. The van der Waals surface area contributed by atoms with Gasteiger partial charge in [-0.3, -0.25) is 4.79 Å². The van der Waals surface area contributed by atoms with Crippen molar-refractivity contribution in [2.24, 2.45) is 0 Å². The first-order chi connectivity index (χ1) is 26.0. The summed E-state index contributed by atoms with van der Waals surface area (Å²) in [4.78, 5) is 29.3. The molecule has 2 heterocycles. The molecule has 0 aliphatic carbocycles. The van der Waals surface area contributed by atoms with Gasteiger partial charge in [-0.1, -0.05) is 72.8 Å². The number of carbonyl (C=O) groups excluding carboxylic acids is 2. The van der Waals surface area contributed by atoms with Crippen LogP contribution in [-0.2, 0) is 50.0 Å². The van der Waals surface area contributed by atoms with Gasteiger partial charge in [0.2, 0.25) is 0 Å². The number of amides is 1. The van der Waals surface area contributed by atoms with E-state index in [0.717, 1.165) is 65.2 Å². The first-order valence-corrected chi connectivity index (χ1v) is 18.5. The second kappa shape index (κ2) is 19.1. The Kier molecular flexibility index (Phi) is 13.6. The molecule has 0 N–H and O–H groups in total. The maximum atomic E-state index is 13.3. The Hall–Kier alpha value is -5.06. The first-order valence-electron chi connectivity index (χ1n) is 18.5. The summed E-state index contributed by atoms with van der Waals surface area (Å²) in [7, 11) is 1.73. The van der Waals surface area contributed by atoms with Gasteiger partial charge in [0.25, 0.3) is 0 Å². The highest BCUT2D eigenvalue weighted by Crippen LogP contribution is 2.35. The summed E-state index contributed by atoms with van der Waals surface area (Å²) in [6.45, 7) is 7.24. The number of anilines is 1. The summed E-state index contributed by atoms with van der Waals surface area (Å²) in [5.41, 5.74) is 6.09. The van der Waals surface area contributed by atoms with E-state index in [4.69, 9.17) is 28.4 Å². The average molecular weight is 723 g/mol. The molecule has 0 saturated carbocycles. The molecule has 2 aliphatic rings. The number of carbonyl (C=O) groups is 2. The Morgan fingerprint density at radius 3 is 2.42 bits per heavy atom. The van der Waals surface area contributed by atoms with Crippen molar-refractivity contribution in [2.75, 3.05) is 58.0 Å². The van der Waals surface area contributed by atoms with E-state index in [1.54, 1.807) is 18.9 Å². The number of methoxy groups -OCH3 is 1. The molecule has 0 radical (unpaired) electrons. The van der Waals surface area contributed by atoms with E-state index in [-0.39, 0.29) is 37.1 Å². The Morgan fingerprint density at radius 1 is 0.811 bits per heavy atom. The zero-order chi connectivity index (χ0) is 36.8. The van der Waals surface area contributed by atoms with Crippen LogP contribution in [0.1, 0.15) is 53.5 Å². The molecule has 6 rings (SSSR count). The first kappa shape index (κ1) is 37.7. The fraction of sp³-hybridized carbons (Fsp3) is 0.395. The van der Waals surface area contributed by atoms with Crippen molar-refractivity contribution in [3.8, 4) is 11.5 Å². The van der Waals surface area contributed by atoms with Crippen molar-refractivity contribution in [1.29, 1.82) is 0 Å². The highest BCUT2D eigenvalue weighted by molar-refractivity contribution is 5.72. The molecule has 0 aromatic heterocycles. The van der Waals surface area contributed by atoms with Gasteiger partial charge in [0.05, 0.1) is 44.5 Å². The average Bonchev–Trinajstić information content (AvgIpc) is 3.19. The minimum absolute atomic E-state index is 0.0780. The quantitative estimate of drug-likeness (QED) is 0.0871. The van der Waals surface area contributed by atoms with Gasteiger partial charge in [0.15, 0.2) is 0 Å². The minimum Gasteiger partial charge on any atom is -0.490 e. The number of rotatable bonds is 16. The van der Waals surface area contributed by atoms with Crippen LogP contribution in [0.4, 0.5) is 10.5 Å². The third-order valence-electron chi connectivity index (χ3n) is 9.61. The largest absolute Gasteiger partial charge is 0.490 e. The number of hydrogen-bond acceptors (Lipinski definition) is 9. The van der Waals surface area contributed by atoms with E-state index in [0.29, 0.717) is 51.9 Å². The molecule has 0 spiro atoms. The van der Waals surface area contributed by atoms with E-state index in [9.17, 15) is 9.59 Å². The normalized spacial score (nSPS) is 16.7. The number of likely N-dealkylation sites (tertiary alicyclic amines) is 1. The van der Waals surface area contributed by atoms with Gasteiger partial charge in [-0.15, -0.1) is 0 Å². The predicted octanol–water partition coefficient (Wildman–Crippen LogP) is 7.32. The second-order valence-corrected chi connectivity index (χ2v) is 13.4. The zero-order valence-corrected chi connectivity index (χ0v) is 30.7. The Bertz CT molecular complexity index is 1770. The second-order valence-electron chi connectivity index (χ2n) is 13.4. The highest BCUT2D eigenvalue weighted by atomic mass is 16.6. The van der Waals surface area contributed by atoms with Crippen molar-refractivity contribution < 1.29 is 38.0 Å². The smallest absolute Gasteiger partial charge is 0.410 e. The van der Waals surface area contributed by atoms with E-state index in [2.05, 4.69) is 41.3 Å². The number of fused-ring (bicyclic) bond motifs is 1. The molecular formula is C43H50N2O8. The topological polar surface area (TPSA) is 96.0 Å². The molecule has 53 heavy (non-hydrogen) atoms. The number of benzene rings is 4. The molecule has 10 heteroatoms. The van der Waals surface area contributed by atoms with Crippen LogP contribution in [0.3, 0.4) is 0 Å². The molecule has 4 aromatic carbocycles. The SMILES string of the molecule is CCOC(=O)Cc1cccc(OCc2ccc(C3CCN(C(=O)OCc4ccccc4)CC3OCc3ccc4c(c3)N(CCCOC)CCO4)cc2)c1. The Morgan fingerprint density at radius 2 is 1.60 bits per heavy atom. The predicted molar refractivity (Wildman–Crippen MR) is 202 cm³/mol. The third kappa shape index (κ3) is 10.7. The molecular weight excluding hydrogens is 672 g/mol. The van der Waals surface area contributed by atoms with Gasteiger partial charge in [-0.25, -0.2) is 4.79 Å². The van der Waals surface area contributed by atoms with Crippen LogP contribution in [0.5, 0.6) is 11.5 Å². The van der Waals surface area contributed by atoms with Gasteiger partial charge in [0, 0.05) is 32.7 Å². The fourth-order valence-corrected chi connectivity index (χ4v) is 6.84. The van der Waals surface area contributed by atoms with Crippen LogP contribution in [-0.4, -0.2) is 76.2 Å². The molecule has 280 valence electrons. The van der Waals surface area contributed by atoms with Crippen LogP contribution in [0.25, 0.3) is 0 Å². The van der Waals surface area contributed by atoms with E-state index >= 15 is 0 Å². The molecule has 1 saturated heterocycles. The number of ether oxygens (including phenoxy) is 6. The van der Waals surface area contributed by atoms with Crippen LogP contribution >= 0.6 is 0 Å². The van der Waals surface area contributed by atoms with Crippen molar-refractivity contribution in [3.63, 3.8) is 0 Å². The van der Waals surface area contributed by atoms with Crippen LogP contribution in [0, 0.1) is 0 Å². The van der Waals surface area contributed by atoms with Gasteiger partial charge < -0.3 is 38.2 Å². The molecule has 2 unspecified atom stereocenters. The van der Waals surface area contributed by atoms with E-state index in [1.807, 2.05) is 60.7 Å². The van der Waals surface area contributed by atoms with Crippen molar-refractivity contribution >= 4 is 17.7 Å². The molecule has 2 aliphatic heterocycles. The standard InChI is InChI=1S/C43H50N2O8/c1-3-49-42(46)27-34-11-7-12-37(25-34)51-29-33-13-16-36(17-14-33)38-19-21-45(43(47)53-30-32-9-5-4-6-10-32)28-41(38)52-31-35-15-18-40-39(26-35)44(22-24-50-40)20-8-23-48-2/h4-7,9-18,25-26,38,41H,3,8,19-24,27-31H2,1-2H3. The van der Waals surface area contributed by atoms with Gasteiger partial charge in [-0.05, 0) is 71.8 Å². The zero-order valence-electron chi connectivity index (χ0n) is 30.7. The summed E-state index contributed by atoms with van der Waals surface area (Å²) in [5, 5.41) is 0. The van der Waals surface area contributed by atoms with Gasteiger partial charge >= 0.3 is 12.1 Å². The lowest BCUT2D eigenvalue weighted by molar-refractivity contribution is -0.142. The summed E-state index contributed by atoms with van der Waals surface area (Å²) in [6.07, 6.45) is 1.30. The maximum Gasteiger partial charge on any atom is 0.410 e. The highest BCUT2D eigenvalue weighted by Gasteiger charge is 2.34. The monoisotopic (exact) mass is 722 g/mol. The van der Waals surface area contributed by atoms with Crippen molar-refractivity contribution in [3.05, 3.63) is 125 Å². The molecule has 0 bridgehead atoms. The molecule has 2 atom stereocenters.